The second kappa shape index (κ2) is 5.77. The second-order valence-electron chi connectivity index (χ2n) is 5.00. The summed E-state index contributed by atoms with van der Waals surface area (Å²) in [6, 6.07) is 5.83. The molecule has 94 valence electrons. The lowest BCUT2D eigenvalue weighted by Crippen LogP contribution is -2.38. The summed E-state index contributed by atoms with van der Waals surface area (Å²) in [6.07, 6.45) is 2.61. The van der Waals surface area contributed by atoms with Crippen molar-refractivity contribution in [2.45, 2.75) is 20.3 Å². The zero-order valence-corrected chi connectivity index (χ0v) is 10.7. The Labute approximate surface area is 102 Å². The van der Waals surface area contributed by atoms with E-state index in [0.29, 0.717) is 6.54 Å². The van der Waals surface area contributed by atoms with E-state index in [1.165, 1.54) is 0 Å². The standard InChI is InChI=1S/C13H20N2O2/c1-13(2,12(16)17)10-15(3)9-7-11-6-4-5-8-14-11/h4-6,8H,7,9-10H2,1-3H3,(H,16,17). The molecule has 0 radical (unpaired) electrons. The van der Waals surface area contributed by atoms with Crippen LogP contribution in [-0.2, 0) is 11.2 Å². The summed E-state index contributed by atoms with van der Waals surface area (Å²) in [5.41, 5.74) is 0.325. The predicted octanol–water partition coefficient (Wildman–Crippen LogP) is 1.67. The predicted molar refractivity (Wildman–Crippen MR) is 66.9 cm³/mol. The third kappa shape index (κ3) is 4.53. The zero-order valence-electron chi connectivity index (χ0n) is 10.7. The fourth-order valence-electron chi connectivity index (χ4n) is 1.67. The van der Waals surface area contributed by atoms with E-state index < -0.39 is 11.4 Å². The fourth-order valence-corrected chi connectivity index (χ4v) is 1.67. The molecule has 0 aromatic carbocycles. The van der Waals surface area contributed by atoms with Crippen molar-refractivity contribution in [3.8, 4) is 0 Å². The molecule has 1 aromatic heterocycles. The van der Waals surface area contributed by atoms with Gasteiger partial charge in [0.15, 0.2) is 0 Å². The van der Waals surface area contributed by atoms with Crippen LogP contribution in [0, 0.1) is 5.41 Å². The summed E-state index contributed by atoms with van der Waals surface area (Å²) in [4.78, 5) is 17.3. The monoisotopic (exact) mass is 236 g/mol. The molecule has 0 aliphatic heterocycles. The lowest BCUT2D eigenvalue weighted by atomic mass is 9.93. The Kier molecular flexibility index (Phi) is 4.63. The first-order valence-electron chi connectivity index (χ1n) is 5.73. The molecule has 0 aliphatic rings. The van der Waals surface area contributed by atoms with Gasteiger partial charge in [-0.1, -0.05) is 6.07 Å². The number of aliphatic carboxylic acids is 1. The van der Waals surface area contributed by atoms with Gasteiger partial charge in [0.25, 0.3) is 0 Å². The lowest BCUT2D eigenvalue weighted by molar-refractivity contribution is -0.147. The smallest absolute Gasteiger partial charge is 0.310 e. The van der Waals surface area contributed by atoms with E-state index in [4.69, 9.17) is 5.11 Å². The van der Waals surface area contributed by atoms with Gasteiger partial charge in [-0.15, -0.1) is 0 Å². The molecule has 17 heavy (non-hydrogen) atoms. The molecular weight excluding hydrogens is 216 g/mol. The number of aromatic nitrogens is 1. The van der Waals surface area contributed by atoms with Crippen LogP contribution >= 0.6 is 0 Å². The normalized spacial score (nSPS) is 11.8. The largest absolute Gasteiger partial charge is 0.481 e. The van der Waals surface area contributed by atoms with Gasteiger partial charge in [0.1, 0.15) is 0 Å². The molecular formula is C13H20N2O2. The van der Waals surface area contributed by atoms with Crippen LogP contribution in [0.2, 0.25) is 0 Å². The minimum atomic E-state index is -0.762. The SMILES string of the molecule is CN(CCc1ccccn1)CC(C)(C)C(=O)O. The number of carboxylic acids is 1. The van der Waals surface area contributed by atoms with Crippen LogP contribution in [0.1, 0.15) is 19.5 Å². The summed E-state index contributed by atoms with van der Waals surface area (Å²) in [5, 5.41) is 9.04. The van der Waals surface area contributed by atoms with Crippen molar-refractivity contribution in [3.63, 3.8) is 0 Å². The van der Waals surface area contributed by atoms with Gasteiger partial charge in [-0.05, 0) is 33.0 Å². The highest BCUT2D eigenvalue weighted by Crippen LogP contribution is 2.16. The van der Waals surface area contributed by atoms with Gasteiger partial charge in [-0.25, -0.2) is 0 Å². The van der Waals surface area contributed by atoms with Crippen LogP contribution in [-0.4, -0.2) is 41.1 Å². The van der Waals surface area contributed by atoms with E-state index in [1.807, 2.05) is 30.1 Å². The molecule has 0 saturated heterocycles. The fraction of sp³-hybridized carbons (Fsp3) is 0.538. The Hall–Kier alpha value is -1.42. The first-order valence-corrected chi connectivity index (χ1v) is 5.73. The number of rotatable bonds is 6. The van der Waals surface area contributed by atoms with Crippen LogP contribution in [0.15, 0.2) is 24.4 Å². The maximum absolute atomic E-state index is 11.0. The molecule has 0 fully saturated rings. The van der Waals surface area contributed by atoms with Crippen molar-refractivity contribution >= 4 is 5.97 Å². The van der Waals surface area contributed by atoms with E-state index in [-0.39, 0.29) is 0 Å². The molecule has 1 rings (SSSR count). The highest BCUT2D eigenvalue weighted by molar-refractivity contribution is 5.73. The number of hydrogen-bond donors (Lipinski definition) is 1. The van der Waals surface area contributed by atoms with E-state index in [1.54, 1.807) is 20.0 Å². The molecule has 4 nitrogen and oxygen atoms in total. The van der Waals surface area contributed by atoms with Gasteiger partial charge in [0.2, 0.25) is 0 Å². The molecule has 0 saturated carbocycles. The number of likely N-dealkylation sites (N-methyl/N-ethyl adjacent to an activating group) is 1. The Balaban J connectivity index is 2.41. The van der Waals surface area contributed by atoms with Crippen LogP contribution in [0.3, 0.4) is 0 Å². The topological polar surface area (TPSA) is 53.4 Å². The number of nitrogens with zero attached hydrogens (tertiary/aromatic N) is 2. The van der Waals surface area contributed by atoms with E-state index >= 15 is 0 Å². The van der Waals surface area contributed by atoms with Crippen LogP contribution in [0.5, 0.6) is 0 Å². The maximum atomic E-state index is 11.0. The van der Waals surface area contributed by atoms with Crippen molar-refractivity contribution in [1.82, 2.24) is 9.88 Å². The Morgan fingerprint density at radius 2 is 2.18 bits per heavy atom. The molecule has 1 aromatic rings. The minimum absolute atomic E-state index is 0.537. The number of pyridine rings is 1. The van der Waals surface area contributed by atoms with Gasteiger partial charge >= 0.3 is 5.97 Å². The van der Waals surface area contributed by atoms with Crippen LogP contribution in [0.4, 0.5) is 0 Å². The van der Waals surface area contributed by atoms with E-state index in [9.17, 15) is 4.79 Å². The molecule has 0 amide bonds. The summed E-state index contributed by atoms with van der Waals surface area (Å²) in [6.45, 7) is 4.84. The van der Waals surface area contributed by atoms with Crippen molar-refractivity contribution in [2.75, 3.05) is 20.1 Å². The van der Waals surface area contributed by atoms with E-state index in [2.05, 4.69) is 4.98 Å². The molecule has 0 aliphatic carbocycles. The van der Waals surface area contributed by atoms with Crippen molar-refractivity contribution in [2.24, 2.45) is 5.41 Å². The first-order chi connectivity index (χ1) is 7.92. The molecule has 1 N–H and O–H groups in total. The van der Waals surface area contributed by atoms with Gasteiger partial charge < -0.3 is 10.0 Å². The zero-order chi connectivity index (χ0) is 12.9. The summed E-state index contributed by atoms with van der Waals surface area (Å²) < 4.78 is 0. The molecule has 1 heterocycles. The van der Waals surface area contributed by atoms with Crippen molar-refractivity contribution in [3.05, 3.63) is 30.1 Å². The molecule has 0 spiro atoms. The third-order valence-corrected chi connectivity index (χ3v) is 2.72. The first kappa shape index (κ1) is 13.6. The highest BCUT2D eigenvalue weighted by atomic mass is 16.4. The molecule has 4 heteroatoms. The van der Waals surface area contributed by atoms with Crippen LogP contribution < -0.4 is 0 Å². The summed E-state index contributed by atoms with van der Waals surface area (Å²) >= 11 is 0. The Bertz CT molecular complexity index is 363. The molecule has 0 bridgehead atoms. The van der Waals surface area contributed by atoms with Gasteiger partial charge in [0, 0.05) is 31.4 Å². The van der Waals surface area contributed by atoms with E-state index in [0.717, 1.165) is 18.7 Å². The minimum Gasteiger partial charge on any atom is -0.481 e. The van der Waals surface area contributed by atoms with Gasteiger partial charge in [-0.3, -0.25) is 9.78 Å². The molecule has 0 atom stereocenters. The maximum Gasteiger partial charge on any atom is 0.310 e. The average molecular weight is 236 g/mol. The lowest BCUT2D eigenvalue weighted by Gasteiger charge is -2.26. The number of carbonyl (C=O) groups is 1. The Morgan fingerprint density at radius 1 is 1.47 bits per heavy atom. The number of hydrogen-bond acceptors (Lipinski definition) is 3. The van der Waals surface area contributed by atoms with Crippen molar-refractivity contribution in [1.29, 1.82) is 0 Å². The number of carboxylic acid groups (broad SMARTS) is 1. The summed E-state index contributed by atoms with van der Waals surface area (Å²) in [7, 11) is 1.94. The quantitative estimate of drug-likeness (QED) is 0.816. The average Bonchev–Trinajstić information content (AvgIpc) is 2.27. The molecule has 0 unspecified atom stereocenters. The Morgan fingerprint density at radius 3 is 2.71 bits per heavy atom. The van der Waals surface area contributed by atoms with Crippen LogP contribution in [0.25, 0.3) is 0 Å². The van der Waals surface area contributed by atoms with Crippen molar-refractivity contribution < 1.29 is 9.90 Å². The third-order valence-electron chi connectivity index (χ3n) is 2.72. The van der Waals surface area contributed by atoms with Gasteiger partial charge in [0.05, 0.1) is 5.41 Å². The second-order valence-corrected chi connectivity index (χ2v) is 5.00. The summed E-state index contributed by atoms with van der Waals surface area (Å²) in [5.74, 6) is -0.762. The van der Waals surface area contributed by atoms with Gasteiger partial charge in [-0.2, -0.15) is 0 Å². The highest BCUT2D eigenvalue weighted by Gasteiger charge is 2.28.